The summed E-state index contributed by atoms with van der Waals surface area (Å²) >= 11 is 0. The number of aromatic amines is 1. The second-order valence-corrected chi connectivity index (χ2v) is 8.53. The number of fused-ring (bicyclic) bond motifs is 1. The summed E-state index contributed by atoms with van der Waals surface area (Å²) in [6, 6.07) is 1.28. The van der Waals surface area contributed by atoms with Crippen molar-refractivity contribution in [1.29, 1.82) is 0 Å². The molecule has 1 saturated heterocycles. The lowest BCUT2D eigenvalue weighted by molar-refractivity contribution is -0.120. The van der Waals surface area contributed by atoms with Crippen molar-refractivity contribution >= 4 is 40.1 Å². The third-order valence-electron chi connectivity index (χ3n) is 4.85. The van der Waals surface area contributed by atoms with Crippen LogP contribution in [-0.2, 0) is 9.53 Å². The summed E-state index contributed by atoms with van der Waals surface area (Å²) in [5.74, 6) is -0.132. The quantitative estimate of drug-likeness (QED) is 0.316. The maximum absolute atomic E-state index is 12.8. The fraction of sp³-hybridized carbons (Fsp3) is 0.364. The van der Waals surface area contributed by atoms with Crippen LogP contribution in [0.15, 0.2) is 42.3 Å². The summed E-state index contributed by atoms with van der Waals surface area (Å²) in [5, 5.41) is 3.52. The molecule has 10 nitrogen and oxygen atoms in total. The van der Waals surface area contributed by atoms with E-state index in [2.05, 4.69) is 26.9 Å². The van der Waals surface area contributed by atoms with E-state index in [0.717, 1.165) is 16.6 Å². The van der Waals surface area contributed by atoms with Crippen molar-refractivity contribution in [2.24, 2.45) is 16.5 Å². The molecule has 0 radical (unpaired) electrons. The number of nitrogens with zero attached hydrogens (tertiary/aromatic N) is 3. The SMILES string of the molecule is C=C(/C=C\N=C(N)N)c1c[nH]c2nccc(N3CC[C@H](NC(=O)OC(C)(C)C)C(=O)C3)c12. The minimum atomic E-state index is -0.626. The molecule has 170 valence electrons. The van der Waals surface area contributed by atoms with E-state index in [0.29, 0.717) is 24.2 Å². The van der Waals surface area contributed by atoms with Crippen LogP contribution in [-0.4, -0.2) is 52.5 Å². The number of guanidine groups is 1. The van der Waals surface area contributed by atoms with E-state index in [1.54, 1.807) is 33.0 Å². The number of alkyl carbamates (subject to hydrolysis) is 1. The Balaban J connectivity index is 1.79. The van der Waals surface area contributed by atoms with Crippen LogP contribution in [0, 0.1) is 0 Å². The van der Waals surface area contributed by atoms with E-state index >= 15 is 0 Å². The number of pyridine rings is 1. The average molecular weight is 440 g/mol. The van der Waals surface area contributed by atoms with Crippen LogP contribution >= 0.6 is 0 Å². The number of carbonyl (C=O) groups excluding carboxylic acids is 2. The van der Waals surface area contributed by atoms with Crippen molar-refractivity contribution in [2.75, 3.05) is 18.0 Å². The van der Waals surface area contributed by atoms with Crippen LogP contribution in [0.25, 0.3) is 16.6 Å². The number of anilines is 1. The number of amides is 1. The van der Waals surface area contributed by atoms with Gasteiger partial charge in [-0.25, -0.2) is 14.8 Å². The number of Topliss-reactive ketones (excluding diaryl/α,β-unsaturated/α-hetero) is 1. The molecule has 2 aromatic rings. The van der Waals surface area contributed by atoms with Crippen LogP contribution in [0.3, 0.4) is 0 Å². The first-order chi connectivity index (χ1) is 15.0. The molecule has 32 heavy (non-hydrogen) atoms. The van der Waals surface area contributed by atoms with Crippen molar-refractivity contribution in [3.63, 3.8) is 0 Å². The zero-order valence-electron chi connectivity index (χ0n) is 18.5. The smallest absolute Gasteiger partial charge is 0.408 e. The molecule has 1 amide bonds. The molecular weight excluding hydrogens is 410 g/mol. The molecule has 0 saturated carbocycles. The highest BCUT2D eigenvalue weighted by Crippen LogP contribution is 2.33. The first-order valence-electron chi connectivity index (χ1n) is 10.2. The van der Waals surface area contributed by atoms with Crippen LogP contribution in [0.4, 0.5) is 10.5 Å². The topological polar surface area (TPSA) is 152 Å². The summed E-state index contributed by atoms with van der Waals surface area (Å²) in [6.07, 6.45) is 6.54. The summed E-state index contributed by atoms with van der Waals surface area (Å²) in [7, 11) is 0. The van der Waals surface area contributed by atoms with E-state index in [1.807, 2.05) is 17.2 Å². The maximum atomic E-state index is 12.8. The lowest BCUT2D eigenvalue weighted by atomic mass is 10.0. The average Bonchev–Trinajstić information content (AvgIpc) is 3.12. The Hall–Kier alpha value is -3.82. The third kappa shape index (κ3) is 5.45. The van der Waals surface area contributed by atoms with Gasteiger partial charge in [0, 0.05) is 36.1 Å². The van der Waals surface area contributed by atoms with Gasteiger partial charge < -0.3 is 31.4 Å². The molecule has 1 aliphatic heterocycles. The fourth-order valence-electron chi connectivity index (χ4n) is 3.49. The van der Waals surface area contributed by atoms with Crippen LogP contribution < -0.4 is 21.7 Å². The number of H-pyrrole nitrogens is 1. The number of carbonyl (C=O) groups is 2. The molecule has 0 aromatic carbocycles. The zero-order valence-corrected chi connectivity index (χ0v) is 18.5. The summed E-state index contributed by atoms with van der Waals surface area (Å²) in [4.78, 5) is 38.2. The molecule has 2 aromatic heterocycles. The van der Waals surface area contributed by atoms with Gasteiger partial charge in [0.2, 0.25) is 0 Å². The number of aliphatic imine (C=N–C) groups is 1. The standard InChI is InChI=1S/C22H29N7O3/c1-13(5-8-26-20(23)24)14-11-27-19-18(14)16(6-9-25-19)29-10-7-15(17(30)12-29)28-21(31)32-22(2,3)4/h5-6,8-9,11,15H,1,7,10,12H2,2-4H3,(H,25,27)(H,28,31)(H4,23,24,26)/b8-5-/t15-/m0/s1. The first kappa shape index (κ1) is 22.9. The molecular formula is C22H29N7O3. The molecule has 0 spiro atoms. The molecule has 1 aliphatic rings. The van der Waals surface area contributed by atoms with E-state index in [9.17, 15) is 9.59 Å². The maximum Gasteiger partial charge on any atom is 0.408 e. The second kappa shape index (κ2) is 9.13. The van der Waals surface area contributed by atoms with Crippen LogP contribution in [0.1, 0.15) is 32.8 Å². The van der Waals surface area contributed by atoms with E-state index < -0.39 is 17.7 Å². The Morgan fingerprint density at radius 1 is 1.44 bits per heavy atom. The molecule has 6 N–H and O–H groups in total. The predicted molar refractivity (Wildman–Crippen MR) is 125 cm³/mol. The normalized spacial score (nSPS) is 16.9. The van der Waals surface area contributed by atoms with Gasteiger partial charge in [-0.15, -0.1) is 0 Å². The predicted octanol–water partition coefficient (Wildman–Crippen LogP) is 2.04. The lowest BCUT2D eigenvalue weighted by Gasteiger charge is -2.33. The van der Waals surface area contributed by atoms with E-state index in [1.165, 1.54) is 6.20 Å². The Labute approximate surface area is 186 Å². The molecule has 3 heterocycles. The Morgan fingerprint density at radius 2 is 2.19 bits per heavy atom. The van der Waals surface area contributed by atoms with Gasteiger partial charge in [0.05, 0.1) is 18.3 Å². The number of piperidine rings is 1. The molecule has 10 heteroatoms. The summed E-state index contributed by atoms with van der Waals surface area (Å²) in [5.41, 5.74) is 13.1. The number of ketones is 1. The number of nitrogens with two attached hydrogens (primary N) is 2. The van der Waals surface area contributed by atoms with Crippen LogP contribution in [0.5, 0.6) is 0 Å². The molecule has 0 unspecified atom stereocenters. The Bertz CT molecular complexity index is 1090. The number of hydrogen-bond acceptors (Lipinski definition) is 6. The summed E-state index contributed by atoms with van der Waals surface area (Å²) < 4.78 is 5.27. The van der Waals surface area contributed by atoms with Gasteiger partial charge in [0.15, 0.2) is 11.7 Å². The lowest BCUT2D eigenvalue weighted by Crippen LogP contribution is -2.52. The van der Waals surface area contributed by atoms with E-state index in [4.69, 9.17) is 16.2 Å². The van der Waals surface area contributed by atoms with Crippen molar-refractivity contribution in [2.45, 2.75) is 38.8 Å². The van der Waals surface area contributed by atoms with Crippen LogP contribution in [0.2, 0.25) is 0 Å². The van der Waals surface area contributed by atoms with Gasteiger partial charge in [0.1, 0.15) is 11.2 Å². The Kier molecular flexibility index (Phi) is 6.52. The molecule has 1 fully saturated rings. The molecule has 0 bridgehead atoms. The minimum Gasteiger partial charge on any atom is -0.444 e. The van der Waals surface area contributed by atoms with E-state index in [-0.39, 0.29) is 18.3 Å². The number of ether oxygens (including phenoxy) is 1. The van der Waals surface area contributed by atoms with Gasteiger partial charge in [-0.2, -0.15) is 0 Å². The van der Waals surface area contributed by atoms with Gasteiger partial charge in [0.25, 0.3) is 0 Å². The summed E-state index contributed by atoms with van der Waals surface area (Å²) in [6.45, 7) is 10.2. The van der Waals surface area contributed by atoms with Gasteiger partial charge in [-0.05, 0) is 44.9 Å². The largest absolute Gasteiger partial charge is 0.444 e. The van der Waals surface area contributed by atoms with Crippen molar-refractivity contribution < 1.29 is 14.3 Å². The van der Waals surface area contributed by atoms with Gasteiger partial charge >= 0.3 is 6.09 Å². The zero-order chi connectivity index (χ0) is 23.5. The fourth-order valence-corrected chi connectivity index (χ4v) is 3.49. The minimum absolute atomic E-state index is 0.0447. The van der Waals surface area contributed by atoms with Crippen molar-refractivity contribution in [3.05, 3.63) is 42.9 Å². The number of aromatic nitrogens is 2. The monoisotopic (exact) mass is 439 g/mol. The number of rotatable bonds is 5. The highest BCUT2D eigenvalue weighted by Gasteiger charge is 2.31. The number of hydrogen-bond donors (Lipinski definition) is 4. The molecule has 3 rings (SSSR count). The number of nitrogens with one attached hydrogen (secondary N) is 2. The second-order valence-electron chi connectivity index (χ2n) is 8.53. The van der Waals surface area contributed by atoms with Crippen molar-refractivity contribution in [1.82, 2.24) is 15.3 Å². The molecule has 1 atom stereocenters. The Morgan fingerprint density at radius 3 is 2.84 bits per heavy atom. The van der Waals surface area contributed by atoms with Gasteiger partial charge in [-0.3, -0.25) is 4.79 Å². The number of allylic oxidation sites excluding steroid dienone is 2. The van der Waals surface area contributed by atoms with Crippen molar-refractivity contribution in [3.8, 4) is 0 Å². The third-order valence-corrected chi connectivity index (χ3v) is 4.85. The highest BCUT2D eigenvalue weighted by atomic mass is 16.6. The molecule has 0 aliphatic carbocycles. The first-order valence-corrected chi connectivity index (χ1v) is 10.2. The highest BCUT2D eigenvalue weighted by molar-refractivity contribution is 6.02. The van der Waals surface area contributed by atoms with Gasteiger partial charge in [-0.1, -0.05) is 6.58 Å².